The first-order chi connectivity index (χ1) is 12.3. The van der Waals surface area contributed by atoms with E-state index in [9.17, 15) is 0 Å². The van der Waals surface area contributed by atoms with E-state index in [-0.39, 0.29) is 5.54 Å². The van der Waals surface area contributed by atoms with Crippen molar-refractivity contribution in [2.75, 3.05) is 0 Å². The average Bonchev–Trinajstić information content (AvgIpc) is 2.67. The van der Waals surface area contributed by atoms with Crippen molar-refractivity contribution in [3.63, 3.8) is 0 Å². The van der Waals surface area contributed by atoms with E-state index in [0.29, 0.717) is 0 Å². The summed E-state index contributed by atoms with van der Waals surface area (Å²) < 4.78 is 0. The molecule has 3 aromatic rings. The Bertz CT molecular complexity index is 964. The second-order valence-corrected chi connectivity index (χ2v) is 7.50. The Hall–Kier alpha value is -2.48. The lowest BCUT2D eigenvalue weighted by Crippen LogP contribution is -2.37. The van der Waals surface area contributed by atoms with Gasteiger partial charge >= 0.3 is 0 Å². The fraction of sp³-hybridized carbons (Fsp3) is 0.304. The van der Waals surface area contributed by atoms with Gasteiger partial charge in [0.1, 0.15) is 0 Å². The van der Waals surface area contributed by atoms with Crippen LogP contribution in [0.2, 0.25) is 0 Å². The molecule has 0 radical (unpaired) electrons. The molecule has 0 N–H and O–H groups in total. The molecule has 5 rings (SSSR count). The molecule has 0 unspecified atom stereocenters. The highest BCUT2D eigenvalue weighted by Gasteiger charge is 2.36. The van der Waals surface area contributed by atoms with E-state index in [1.807, 2.05) is 12.3 Å². The van der Waals surface area contributed by atoms with Gasteiger partial charge in [0.05, 0.1) is 16.8 Å². The van der Waals surface area contributed by atoms with Gasteiger partial charge in [-0.15, -0.1) is 0 Å². The number of hydrogen-bond acceptors (Lipinski definition) is 2. The van der Waals surface area contributed by atoms with Crippen LogP contribution in [0.1, 0.15) is 48.8 Å². The van der Waals surface area contributed by atoms with Gasteiger partial charge in [-0.3, -0.25) is 9.98 Å². The maximum atomic E-state index is 5.37. The predicted molar refractivity (Wildman–Crippen MR) is 103 cm³/mol. The van der Waals surface area contributed by atoms with Gasteiger partial charge in [-0.1, -0.05) is 61.7 Å². The number of aromatic nitrogens is 1. The molecule has 1 aliphatic carbocycles. The third-order valence-corrected chi connectivity index (χ3v) is 5.79. The summed E-state index contributed by atoms with van der Waals surface area (Å²) in [6.07, 6.45) is 9.47. The van der Waals surface area contributed by atoms with Gasteiger partial charge in [-0.05, 0) is 37.0 Å². The maximum Gasteiger partial charge on any atom is 0.0744 e. The van der Waals surface area contributed by atoms with E-state index < -0.39 is 0 Å². The summed E-state index contributed by atoms with van der Waals surface area (Å²) in [6, 6.07) is 19.4. The molecule has 0 amide bonds. The van der Waals surface area contributed by atoms with Crippen molar-refractivity contribution in [2.24, 2.45) is 4.99 Å². The largest absolute Gasteiger partial charge is 0.277 e. The van der Waals surface area contributed by atoms with Gasteiger partial charge < -0.3 is 0 Å². The second kappa shape index (κ2) is 5.80. The Kier molecular flexibility index (Phi) is 3.44. The summed E-state index contributed by atoms with van der Waals surface area (Å²) in [5.74, 6) is 0. The lowest BCUT2D eigenvalue weighted by Gasteiger charge is -2.38. The number of rotatable bonds is 1. The lowest BCUT2D eigenvalue weighted by atomic mass is 9.74. The molecular weight excluding hydrogens is 304 g/mol. The van der Waals surface area contributed by atoms with Crippen LogP contribution >= 0.6 is 0 Å². The quantitative estimate of drug-likeness (QED) is 0.593. The van der Waals surface area contributed by atoms with Crippen molar-refractivity contribution < 1.29 is 0 Å². The SMILES string of the molecule is c1ccc2c(c1)CC1(CCCCC1)N=C2c1cnc2ccccc2c1. The Morgan fingerprint density at radius 1 is 0.840 bits per heavy atom. The molecule has 1 saturated carbocycles. The highest BCUT2D eigenvalue weighted by molar-refractivity contribution is 6.15. The van der Waals surface area contributed by atoms with Crippen LogP contribution in [0, 0.1) is 0 Å². The summed E-state index contributed by atoms with van der Waals surface area (Å²) in [4.78, 5) is 10.0. The van der Waals surface area contributed by atoms with Crippen LogP contribution in [-0.2, 0) is 6.42 Å². The molecule has 0 bridgehead atoms. The minimum absolute atomic E-state index is 0.105. The topological polar surface area (TPSA) is 25.2 Å². The number of nitrogens with zero attached hydrogens (tertiary/aromatic N) is 2. The van der Waals surface area contributed by atoms with E-state index in [0.717, 1.165) is 23.2 Å². The summed E-state index contributed by atoms with van der Waals surface area (Å²) in [7, 11) is 0. The number of fused-ring (bicyclic) bond motifs is 2. The number of benzene rings is 2. The first kappa shape index (κ1) is 14.8. The number of aliphatic imine (C=N–C) groups is 1. The first-order valence-corrected chi connectivity index (χ1v) is 9.36. The fourth-order valence-corrected chi connectivity index (χ4v) is 4.52. The molecule has 1 aromatic heterocycles. The standard InChI is InChI=1S/C23H22N2/c1-6-12-23(13-7-1)15-18-9-2-4-10-20(18)22(25-23)19-14-17-8-3-5-11-21(17)24-16-19/h2-5,8-11,14,16H,1,6-7,12-13,15H2. The summed E-state index contributed by atoms with van der Waals surface area (Å²) in [6.45, 7) is 0. The molecule has 2 aromatic carbocycles. The van der Waals surface area contributed by atoms with E-state index in [2.05, 4.69) is 53.5 Å². The molecule has 1 fully saturated rings. The van der Waals surface area contributed by atoms with Crippen LogP contribution in [0.15, 0.2) is 65.8 Å². The van der Waals surface area contributed by atoms with E-state index in [4.69, 9.17) is 4.99 Å². The number of pyridine rings is 1. The van der Waals surface area contributed by atoms with Gasteiger partial charge in [0, 0.05) is 22.7 Å². The van der Waals surface area contributed by atoms with Crippen LogP contribution in [-0.4, -0.2) is 16.2 Å². The zero-order chi connectivity index (χ0) is 16.7. The number of hydrogen-bond donors (Lipinski definition) is 0. The zero-order valence-electron chi connectivity index (χ0n) is 14.4. The summed E-state index contributed by atoms with van der Waals surface area (Å²) in [5.41, 5.74) is 6.17. The lowest BCUT2D eigenvalue weighted by molar-refractivity contribution is 0.294. The highest BCUT2D eigenvalue weighted by Crippen LogP contribution is 2.39. The molecule has 25 heavy (non-hydrogen) atoms. The number of para-hydroxylation sites is 1. The van der Waals surface area contributed by atoms with Crippen molar-refractivity contribution in [2.45, 2.75) is 44.1 Å². The minimum atomic E-state index is 0.105. The summed E-state index contributed by atoms with van der Waals surface area (Å²) >= 11 is 0. The van der Waals surface area contributed by atoms with Crippen molar-refractivity contribution in [3.8, 4) is 0 Å². The molecule has 124 valence electrons. The van der Waals surface area contributed by atoms with Gasteiger partial charge in [-0.2, -0.15) is 0 Å². The maximum absolute atomic E-state index is 5.37. The normalized spacial score (nSPS) is 18.8. The molecule has 2 heterocycles. The first-order valence-electron chi connectivity index (χ1n) is 9.36. The average molecular weight is 326 g/mol. The van der Waals surface area contributed by atoms with Gasteiger partial charge in [0.15, 0.2) is 0 Å². The molecule has 1 aliphatic heterocycles. The van der Waals surface area contributed by atoms with E-state index in [1.165, 1.54) is 48.6 Å². The second-order valence-electron chi connectivity index (χ2n) is 7.50. The van der Waals surface area contributed by atoms with Crippen molar-refractivity contribution in [1.82, 2.24) is 4.98 Å². The predicted octanol–water partition coefficient (Wildman–Crippen LogP) is 5.33. The summed E-state index contributed by atoms with van der Waals surface area (Å²) in [5, 5.41) is 1.18. The van der Waals surface area contributed by atoms with Gasteiger partial charge in [0.25, 0.3) is 0 Å². The van der Waals surface area contributed by atoms with Crippen LogP contribution in [0.25, 0.3) is 10.9 Å². The minimum Gasteiger partial charge on any atom is -0.277 e. The Balaban J connectivity index is 1.69. The van der Waals surface area contributed by atoms with Crippen molar-refractivity contribution in [1.29, 1.82) is 0 Å². The molecule has 0 atom stereocenters. The van der Waals surface area contributed by atoms with Crippen molar-refractivity contribution >= 4 is 16.6 Å². The van der Waals surface area contributed by atoms with E-state index >= 15 is 0 Å². The Labute approximate surface area is 148 Å². The van der Waals surface area contributed by atoms with Crippen LogP contribution in [0.5, 0.6) is 0 Å². The van der Waals surface area contributed by atoms with Crippen LogP contribution < -0.4 is 0 Å². The highest BCUT2D eigenvalue weighted by atomic mass is 14.9. The molecule has 0 saturated heterocycles. The third-order valence-electron chi connectivity index (χ3n) is 5.79. The molecule has 2 aliphatic rings. The zero-order valence-corrected chi connectivity index (χ0v) is 14.4. The third kappa shape index (κ3) is 2.57. The van der Waals surface area contributed by atoms with Crippen LogP contribution in [0.4, 0.5) is 0 Å². The Morgan fingerprint density at radius 3 is 2.56 bits per heavy atom. The monoisotopic (exact) mass is 326 g/mol. The van der Waals surface area contributed by atoms with Crippen molar-refractivity contribution in [3.05, 3.63) is 77.5 Å². The molecular formula is C23H22N2. The fourth-order valence-electron chi connectivity index (χ4n) is 4.52. The molecule has 1 spiro atoms. The smallest absolute Gasteiger partial charge is 0.0744 e. The van der Waals surface area contributed by atoms with Crippen LogP contribution in [0.3, 0.4) is 0 Å². The van der Waals surface area contributed by atoms with Gasteiger partial charge in [0.2, 0.25) is 0 Å². The Morgan fingerprint density at radius 2 is 1.64 bits per heavy atom. The molecule has 2 heteroatoms. The van der Waals surface area contributed by atoms with E-state index in [1.54, 1.807) is 0 Å². The van der Waals surface area contributed by atoms with Gasteiger partial charge in [-0.25, -0.2) is 0 Å². The molecule has 2 nitrogen and oxygen atoms in total.